The monoisotopic (exact) mass is 416 g/mol. The molecule has 0 radical (unpaired) electrons. The molecule has 146 valence electrons. The zero-order valence-corrected chi connectivity index (χ0v) is 17.3. The van der Waals surface area contributed by atoms with Crippen LogP contribution in [0.25, 0.3) is 22.6 Å². The summed E-state index contributed by atoms with van der Waals surface area (Å²) < 4.78 is 29.7. The van der Waals surface area contributed by atoms with E-state index in [-0.39, 0.29) is 11.6 Å². The molecule has 1 unspecified atom stereocenters. The van der Waals surface area contributed by atoms with E-state index in [0.29, 0.717) is 5.89 Å². The number of rotatable bonds is 3. The summed E-state index contributed by atoms with van der Waals surface area (Å²) in [5.41, 5.74) is 7.72. The SMILES string of the molecule is CC1(c2cc(-c3cncc(-c4ncco4)c3)cs2)CS(=O)(=O)C(C)(C)C(N)=N1. The fourth-order valence-electron chi connectivity index (χ4n) is 3.12. The summed E-state index contributed by atoms with van der Waals surface area (Å²) in [5.74, 6) is 0.556. The van der Waals surface area contributed by atoms with Crippen LogP contribution in [0, 0.1) is 0 Å². The summed E-state index contributed by atoms with van der Waals surface area (Å²) >= 11 is 1.46. The third-order valence-corrected chi connectivity index (χ3v) is 9.00. The summed E-state index contributed by atoms with van der Waals surface area (Å²) in [5, 5.41) is 1.97. The van der Waals surface area contributed by atoms with Gasteiger partial charge in [-0.15, -0.1) is 11.3 Å². The predicted molar refractivity (Wildman–Crippen MR) is 110 cm³/mol. The second-order valence-corrected chi connectivity index (χ2v) is 11.0. The first-order valence-electron chi connectivity index (χ1n) is 8.65. The van der Waals surface area contributed by atoms with Crippen molar-refractivity contribution >= 4 is 27.0 Å². The molecule has 4 rings (SSSR count). The number of pyridine rings is 1. The van der Waals surface area contributed by atoms with Gasteiger partial charge in [-0.2, -0.15) is 0 Å². The number of aliphatic imine (C=N–C) groups is 1. The van der Waals surface area contributed by atoms with Crippen LogP contribution in [0.3, 0.4) is 0 Å². The van der Waals surface area contributed by atoms with Crippen LogP contribution in [0.15, 0.2) is 51.8 Å². The Bertz CT molecular complexity index is 1160. The Hall–Kier alpha value is -2.52. The molecule has 0 aliphatic carbocycles. The van der Waals surface area contributed by atoms with Gasteiger partial charge in [0, 0.05) is 22.8 Å². The fraction of sp³-hybridized carbons (Fsp3) is 0.316. The number of aromatic nitrogens is 2. The summed E-state index contributed by atoms with van der Waals surface area (Å²) in [6.07, 6.45) is 6.53. The highest BCUT2D eigenvalue weighted by molar-refractivity contribution is 7.93. The van der Waals surface area contributed by atoms with Crippen molar-refractivity contribution in [1.29, 1.82) is 0 Å². The van der Waals surface area contributed by atoms with Crippen LogP contribution in [-0.4, -0.2) is 34.7 Å². The topological polar surface area (TPSA) is 111 Å². The second-order valence-electron chi connectivity index (χ2n) is 7.54. The Kier molecular flexibility index (Phi) is 4.20. The molecule has 1 aliphatic heterocycles. The van der Waals surface area contributed by atoms with Gasteiger partial charge in [0.05, 0.1) is 17.5 Å². The van der Waals surface area contributed by atoms with Crippen molar-refractivity contribution in [3.05, 3.63) is 47.2 Å². The van der Waals surface area contributed by atoms with Crippen molar-refractivity contribution in [3.8, 4) is 22.6 Å². The van der Waals surface area contributed by atoms with E-state index in [1.165, 1.54) is 17.6 Å². The van der Waals surface area contributed by atoms with Crippen molar-refractivity contribution < 1.29 is 12.8 Å². The summed E-state index contributed by atoms with van der Waals surface area (Å²) in [6, 6.07) is 3.89. The second kappa shape index (κ2) is 6.25. The predicted octanol–water partition coefficient (Wildman–Crippen LogP) is 3.24. The Balaban J connectivity index is 1.73. The first-order valence-corrected chi connectivity index (χ1v) is 11.2. The van der Waals surface area contributed by atoms with Crippen LogP contribution in [0.5, 0.6) is 0 Å². The molecule has 0 saturated heterocycles. The van der Waals surface area contributed by atoms with E-state index in [2.05, 4.69) is 15.0 Å². The van der Waals surface area contributed by atoms with Gasteiger partial charge in [-0.1, -0.05) is 0 Å². The molecular weight excluding hydrogens is 396 g/mol. The molecule has 28 heavy (non-hydrogen) atoms. The average molecular weight is 417 g/mol. The van der Waals surface area contributed by atoms with Gasteiger partial charge >= 0.3 is 0 Å². The smallest absolute Gasteiger partial charge is 0.227 e. The molecule has 3 aromatic heterocycles. The highest BCUT2D eigenvalue weighted by atomic mass is 32.2. The molecule has 0 spiro atoms. The van der Waals surface area contributed by atoms with Crippen molar-refractivity contribution in [2.45, 2.75) is 31.1 Å². The van der Waals surface area contributed by atoms with Crippen LogP contribution < -0.4 is 5.73 Å². The lowest BCUT2D eigenvalue weighted by atomic mass is 10.00. The molecule has 4 heterocycles. The maximum atomic E-state index is 12.8. The lowest BCUT2D eigenvalue weighted by Crippen LogP contribution is -2.54. The summed E-state index contributed by atoms with van der Waals surface area (Å²) in [4.78, 5) is 13.8. The van der Waals surface area contributed by atoms with E-state index in [1.807, 2.05) is 24.4 Å². The number of oxazole rings is 1. The molecule has 0 saturated carbocycles. The fourth-order valence-corrected chi connectivity index (χ4v) is 5.92. The third kappa shape index (κ3) is 2.94. The van der Waals surface area contributed by atoms with Gasteiger partial charge in [0.15, 0.2) is 9.84 Å². The highest BCUT2D eigenvalue weighted by Crippen LogP contribution is 2.41. The van der Waals surface area contributed by atoms with Crippen LogP contribution >= 0.6 is 11.3 Å². The Morgan fingerprint density at radius 2 is 1.89 bits per heavy atom. The largest absolute Gasteiger partial charge is 0.444 e. The van der Waals surface area contributed by atoms with E-state index < -0.39 is 20.1 Å². The maximum absolute atomic E-state index is 12.8. The molecule has 0 bridgehead atoms. The van der Waals surface area contributed by atoms with Crippen LogP contribution in [0.1, 0.15) is 25.6 Å². The zero-order valence-electron chi connectivity index (χ0n) is 15.7. The van der Waals surface area contributed by atoms with E-state index in [4.69, 9.17) is 10.2 Å². The Labute approximate surface area is 167 Å². The van der Waals surface area contributed by atoms with Gasteiger partial charge < -0.3 is 10.2 Å². The number of nitrogens with zero attached hydrogens (tertiary/aromatic N) is 3. The quantitative estimate of drug-likeness (QED) is 0.701. The molecule has 7 nitrogen and oxygen atoms in total. The maximum Gasteiger partial charge on any atom is 0.227 e. The highest BCUT2D eigenvalue weighted by Gasteiger charge is 2.49. The first-order chi connectivity index (χ1) is 13.1. The van der Waals surface area contributed by atoms with Crippen molar-refractivity contribution in [2.75, 3.05) is 5.75 Å². The molecule has 9 heteroatoms. The number of hydrogen-bond donors (Lipinski definition) is 1. The molecule has 0 amide bonds. The standard InChI is InChI=1S/C19H20N4O3S2/c1-18(2)17(20)23-19(3,11-28(18,24)25)15-7-14(10-27-15)12-6-13(9-21-8-12)16-22-4-5-26-16/h4-10H,11H2,1-3H3,(H2,20,23). The lowest BCUT2D eigenvalue weighted by molar-refractivity contribution is 0.507. The minimum Gasteiger partial charge on any atom is -0.444 e. The number of amidine groups is 1. The minimum absolute atomic E-state index is 0.0811. The van der Waals surface area contributed by atoms with Crippen molar-refractivity contribution in [2.24, 2.45) is 10.7 Å². The first kappa shape index (κ1) is 18.8. The molecular formula is C19H20N4O3S2. The third-order valence-electron chi connectivity index (χ3n) is 5.11. The van der Waals surface area contributed by atoms with E-state index >= 15 is 0 Å². The van der Waals surface area contributed by atoms with Gasteiger partial charge in [0.1, 0.15) is 22.4 Å². The number of thiophene rings is 1. The van der Waals surface area contributed by atoms with Crippen molar-refractivity contribution in [3.63, 3.8) is 0 Å². The molecule has 3 aromatic rings. The average Bonchev–Trinajstić information content (AvgIpc) is 3.32. The van der Waals surface area contributed by atoms with Gasteiger partial charge in [0.25, 0.3) is 0 Å². The molecule has 2 N–H and O–H groups in total. The normalized spacial score (nSPS) is 23.3. The molecule has 0 aromatic carbocycles. The van der Waals surface area contributed by atoms with E-state index in [9.17, 15) is 8.42 Å². The molecule has 0 fully saturated rings. The molecule has 1 atom stereocenters. The number of hydrogen-bond acceptors (Lipinski definition) is 8. The van der Waals surface area contributed by atoms with Gasteiger partial charge in [-0.25, -0.2) is 13.4 Å². The van der Waals surface area contributed by atoms with Gasteiger partial charge in [0.2, 0.25) is 5.89 Å². The Morgan fingerprint density at radius 3 is 2.57 bits per heavy atom. The summed E-state index contributed by atoms with van der Waals surface area (Å²) in [7, 11) is -3.44. The van der Waals surface area contributed by atoms with E-state index in [0.717, 1.165) is 21.6 Å². The summed E-state index contributed by atoms with van der Waals surface area (Å²) in [6.45, 7) is 5.00. The van der Waals surface area contributed by atoms with Crippen molar-refractivity contribution in [1.82, 2.24) is 9.97 Å². The van der Waals surface area contributed by atoms with Crippen LogP contribution in [0.2, 0.25) is 0 Å². The Morgan fingerprint density at radius 1 is 1.14 bits per heavy atom. The number of nitrogens with two attached hydrogens (primary N) is 1. The van der Waals surface area contributed by atoms with Gasteiger partial charge in [-0.3, -0.25) is 9.98 Å². The van der Waals surface area contributed by atoms with Gasteiger partial charge in [-0.05, 0) is 43.8 Å². The van der Waals surface area contributed by atoms with E-state index in [1.54, 1.807) is 32.4 Å². The lowest BCUT2D eigenvalue weighted by Gasteiger charge is -2.37. The van der Waals surface area contributed by atoms with Crippen LogP contribution in [0.4, 0.5) is 0 Å². The zero-order chi connectivity index (χ0) is 20.2. The van der Waals surface area contributed by atoms with Crippen LogP contribution in [-0.2, 0) is 15.4 Å². The molecule has 1 aliphatic rings. The minimum atomic E-state index is -3.44. The number of sulfone groups is 1.